The Morgan fingerprint density at radius 3 is 2.33 bits per heavy atom. The number of alkyl halides is 3. The molecule has 6 nitrogen and oxygen atoms in total. The second-order valence-corrected chi connectivity index (χ2v) is 8.83. The largest absolute Gasteiger partial charge is 0.435 e. The molecule has 4 rings (SSSR count). The summed E-state index contributed by atoms with van der Waals surface area (Å²) in [5.74, 6) is -2.26. The molecule has 1 atom stereocenters. The van der Waals surface area contributed by atoms with Crippen molar-refractivity contribution in [1.29, 1.82) is 0 Å². The molecule has 1 N–H and O–H groups in total. The zero-order valence-electron chi connectivity index (χ0n) is 18.3. The van der Waals surface area contributed by atoms with Crippen LogP contribution < -0.4 is 5.32 Å². The molecule has 4 aromatic rings. The van der Waals surface area contributed by atoms with E-state index in [-0.39, 0.29) is 23.2 Å². The van der Waals surface area contributed by atoms with Gasteiger partial charge < -0.3 is 10.2 Å². The van der Waals surface area contributed by atoms with Gasteiger partial charge in [-0.15, -0.1) is 0 Å². The summed E-state index contributed by atoms with van der Waals surface area (Å²) in [6.07, 6.45) is -3.87. The summed E-state index contributed by atoms with van der Waals surface area (Å²) in [5, 5.41) is 6.44. The highest BCUT2D eigenvalue weighted by atomic mass is 79.9. The van der Waals surface area contributed by atoms with Gasteiger partial charge in [-0.2, -0.15) is 13.2 Å². The van der Waals surface area contributed by atoms with E-state index >= 15 is 0 Å². The van der Waals surface area contributed by atoms with E-state index in [4.69, 9.17) is 16.4 Å². The molecular formula is C25H17BrClF3N4O2. The van der Waals surface area contributed by atoms with Crippen molar-refractivity contribution in [3.8, 4) is 0 Å². The van der Waals surface area contributed by atoms with Gasteiger partial charge in [-0.3, -0.25) is 4.79 Å². The van der Waals surface area contributed by atoms with E-state index in [0.717, 1.165) is 16.4 Å². The fraction of sp³-hybridized carbons (Fsp3) is 0.120. The standard InChI is InChI=1S/C25H17BrClF3N4O2/c26-18-6-2-1-5-16(18)13-36-32-14-31-24(35)21(15-9-11-17(27)12-10-15)22-23(25(28,29)30)34-20-8-4-3-7-19(20)33-22/h1-12,14,21H,13H2,(H,31,32,35)/t21-/m0/s1. The summed E-state index contributed by atoms with van der Waals surface area (Å²) >= 11 is 9.34. The first-order valence-electron chi connectivity index (χ1n) is 10.5. The molecule has 0 fully saturated rings. The number of para-hydroxylation sites is 2. The molecule has 36 heavy (non-hydrogen) atoms. The molecule has 11 heteroatoms. The van der Waals surface area contributed by atoms with Crippen LogP contribution in [0.25, 0.3) is 11.0 Å². The third kappa shape index (κ3) is 6.00. The number of hydrogen-bond donors (Lipinski definition) is 1. The average molecular weight is 578 g/mol. The topological polar surface area (TPSA) is 76.5 Å². The van der Waals surface area contributed by atoms with Crippen LogP contribution in [0.15, 0.2) is 82.4 Å². The number of rotatable bonds is 7. The van der Waals surface area contributed by atoms with Gasteiger partial charge >= 0.3 is 6.18 Å². The third-order valence-electron chi connectivity index (χ3n) is 5.12. The molecule has 0 aliphatic rings. The molecule has 0 aliphatic heterocycles. The minimum atomic E-state index is -4.85. The lowest BCUT2D eigenvalue weighted by Gasteiger charge is -2.20. The molecule has 0 unspecified atom stereocenters. The highest BCUT2D eigenvalue weighted by Crippen LogP contribution is 2.37. The number of amides is 1. The van der Waals surface area contributed by atoms with Crippen molar-refractivity contribution in [3.63, 3.8) is 0 Å². The molecule has 0 saturated heterocycles. The first kappa shape index (κ1) is 25.6. The van der Waals surface area contributed by atoms with Crippen molar-refractivity contribution in [2.24, 2.45) is 5.16 Å². The van der Waals surface area contributed by atoms with E-state index in [0.29, 0.717) is 5.02 Å². The van der Waals surface area contributed by atoms with Gasteiger partial charge in [0.05, 0.1) is 16.7 Å². The molecule has 0 radical (unpaired) electrons. The lowest BCUT2D eigenvalue weighted by molar-refractivity contribution is -0.142. The van der Waals surface area contributed by atoms with Crippen molar-refractivity contribution >= 4 is 50.8 Å². The first-order chi connectivity index (χ1) is 17.2. The van der Waals surface area contributed by atoms with E-state index in [1.165, 1.54) is 36.4 Å². The maximum atomic E-state index is 14.0. The van der Waals surface area contributed by atoms with Gasteiger partial charge in [0.2, 0.25) is 5.91 Å². The van der Waals surface area contributed by atoms with Gasteiger partial charge in [-0.25, -0.2) is 9.97 Å². The van der Waals surface area contributed by atoms with E-state index in [1.807, 2.05) is 24.3 Å². The predicted molar refractivity (Wildman–Crippen MR) is 133 cm³/mol. The SMILES string of the molecule is O=C(NC=NOCc1ccccc1Br)[C@@H](c1ccc(Cl)cc1)c1nc2ccccc2nc1C(F)(F)F. The smallest absolute Gasteiger partial charge is 0.390 e. The number of fused-ring (bicyclic) bond motifs is 1. The number of halogens is 5. The Balaban J connectivity index is 1.66. The number of carbonyl (C=O) groups is 1. The summed E-state index contributed by atoms with van der Waals surface area (Å²) < 4.78 is 42.9. The van der Waals surface area contributed by atoms with Crippen molar-refractivity contribution in [2.45, 2.75) is 18.7 Å². The van der Waals surface area contributed by atoms with Crippen molar-refractivity contribution in [2.75, 3.05) is 0 Å². The second-order valence-electron chi connectivity index (χ2n) is 7.54. The first-order valence-corrected chi connectivity index (χ1v) is 11.7. The van der Waals surface area contributed by atoms with Crippen molar-refractivity contribution in [3.05, 3.63) is 105 Å². The molecular weight excluding hydrogens is 561 g/mol. The highest BCUT2D eigenvalue weighted by Gasteiger charge is 2.41. The zero-order chi connectivity index (χ0) is 25.7. The van der Waals surface area contributed by atoms with Crippen LogP contribution in [-0.4, -0.2) is 22.2 Å². The average Bonchev–Trinajstić information content (AvgIpc) is 2.85. The maximum Gasteiger partial charge on any atom is 0.435 e. The Hall–Kier alpha value is -3.50. The van der Waals surface area contributed by atoms with Crippen LogP contribution in [0, 0.1) is 0 Å². The van der Waals surface area contributed by atoms with E-state index in [9.17, 15) is 18.0 Å². The molecule has 1 aromatic heterocycles. The number of nitrogens with one attached hydrogen (secondary N) is 1. The fourth-order valence-electron chi connectivity index (χ4n) is 3.45. The van der Waals surface area contributed by atoms with Gasteiger partial charge in [0.25, 0.3) is 0 Å². The molecule has 1 amide bonds. The summed E-state index contributed by atoms with van der Waals surface area (Å²) in [4.78, 5) is 26.4. The number of nitrogens with zero attached hydrogens (tertiary/aromatic N) is 3. The quantitative estimate of drug-likeness (QED) is 0.155. The number of aromatic nitrogens is 2. The Labute approximate surface area is 217 Å². The number of oxime groups is 1. The van der Waals surface area contributed by atoms with Crippen molar-refractivity contribution in [1.82, 2.24) is 15.3 Å². The number of benzene rings is 3. The summed E-state index contributed by atoms with van der Waals surface area (Å²) in [7, 11) is 0. The van der Waals surface area contributed by atoms with Gasteiger partial charge in [0.15, 0.2) is 5.69 Å². The second kappa shape index (κ2) is 11.0. The van der Waals surface area contributed by atoms with E-state index in [2.05, 4.69) is 36.4 Å². The Kier molecular flexibility index (Phi) is 7.85. The van der Waals surface area contributed by atoms with Crippen LogP contribution in [0.3, 0.4) is 0 Å². The molecule has 184 valence electrons. The normalized spacial score (nSPS) is 12.6. The Morgan fingerprint density at radius 1 is 1.03 bits per heavy atom. The van der Waals surface area contributed by atoms with Gasteiger partial charge in [0, 0.05) is 15.1 Å². The third-order valence-corrected chi connectivity index (χ3v) is 6.14. The number of hydrogen-bond acceptors (Lipinski definition) is 5. The molecule has 0 bridgehead atoms. The Bertz CT molecular complexity index is 1410. The molecule has 3 aromatic carbocycles. The van der Waals surface area contributed by atoms with Gasteiger partial charge in [0.1, 0.15) is 18.9 Å². The minimum Gasteiger partial charge on any atom is -0.390 e. The lowest BCUT2D eigenvalue weighted by atomic mass is 9.92. The summed E-state index contributed by atoms with van der Waals surface area (Å²) in [6, 6.07) is 19.4. The maximum absolute atomic E-state index is 14.0. The van der Waals surface area contributed by atoms with Crippen LogP contribution in [0.4, 0.5) is 13.2 Å². The summed E-state index contributed by atoms with van der Waals surface area (Å²) in [6.45, 7) is 0.114. The van der Waals surface area contributed by atoms with Crippen LogP contribution in [0.1, 0.15) is 28.4 Å². The van der Waals surface area contributed by atoms with Crippen LogP contribution >= 0.6 is 27.5 Å². The lowest BCUT2D eigenvalue weighted by Crippen LogP contribution is -2.31. The predicted octanol–water partition coefficient (Wildman–Crippen LogP) is 6.47. The number of carbonyl (C=O) groups excluding carboxylic acids is 1. The molecule has 0 aliphatic carbocycles. The van der Waals surface area contributed by atoms with Gasteiger partial charge in [-0.05, 0) is 35.9 Å². The van der Waals surface area contributed by atoms with Crippen LogP contribution in [0.2, 0.25) is 5.02 Å². The van der Waals surface area contributed by atoms with E-state index in [1.54, 1.807) is 12.1 Å². The highest BCUT2D eigenvalue weighted by molar-refractivity contribution is 9.10. The molecule has 0 spiro atoms. The zero-order valence-corrected chi connectivity index (χ0v) is 20.7. The van der Waals surface area contributed by atoms with E-state index < -0.39 is 29.4 Å². The Morgan fingerprint density at radius 2 is 1.67 bits per heavy atom. The van der Waals surface area contributed by atoms with Crippen molar-refractivity contribution < 1.29 is 22.8 Å². The summed E-state index contributed by atoms with van der Waals surface area (Å²) in [5.41, 5.74) is -0.443. The molecule has 1 heterocycles. The molecule has 0 saturated carbocycles. The monoisotopic (exact) mass is 576 g/mol. The van der Waals surface area contributed by atoms with Gasteiger partial charge in [-0.1, -0.05) is 75.2 Å². The van der Waals surface area contributed by atoms with Crippen LogP contribution in [-0.2, 0) is 22.4 Å². The minimum absolute atomic E-state index is 0.0610. The fourth-order valence-corrected chi connectivity index (χ4v) is 3.97. The van der Waals surface area contributed by atoms with Crippen LogP contribution in [0.5, 0.6) is 0 Å².